The van der Waals surface area contributed by atoms with E-state index in [0.29, 0.717) is 10.7 Å². The fourth-order valence-electron chi connectivity index (χ4n) is 1.79. The normalized spacial score (nSPS) is 11.8. The predicted molar refractivity (Wildman–Crippen MR) is 84.3 cm³/mol. The summed E-state index contributed by atoms with van der Waals surface area (Å²) in [6, 6.07) is 11.0. The van der Waals surface area contributed by atoms with Crippen molar-refractivity contribution in [3.05, 3.63) is 58.9 Å². The van der Waals surface area contributed by atoms with E-state index in [9.17, 15) is 9.18 Å². The number of nitrogens with one attached hydrogen (secondary N) is 2. The zero-order chi connectivity index (χ0) is 15.4. The smallest absolute Gasteiger partial charge is 0.246 e. The molecule has 0 fully saturated rings. The minimum atomic E-state index is -0.598. The van der Waals surface area contributed by atoms with Gasteiger partial charge in [0, 0.05) is 10.7 Å². The van der Waals surface area contributed by atoms with Crippen LogP contribution in [0.25, 0.3) is 0 Å². The second-order valence-corrected chi connectivity index (χ2v) is 5.28. The third-order valence-electron chi connectivity index (χ3n) is 3.01. The second kappa shape index (κ2) is 6.59. The van der Waals surface area contributed by atoms with E-state index in [2.05, 4.69) is 10.6 Å². The van der Waals surface area contributed by atoms with Gasteiger partial charge in [0.15, 0.2) is 0 Å². The molecule has 2 aromatic carbocycles. The van der Waals surface area contributed by atoms with Gasteiger partial charge in [-0.15, -0.1) is 0 Å². The lowest BCUT2D eigenvalue weighted by atomic mass is 10.2. The topological polar surface area (TPSA) is 41.1 Å². The number of amides is 1. The van der Waals surface area contributed by atoms with Crippen molar-refractivity contribution in [2.75, 3.05) is 10.6 Å². The molecule has 21 heavy (non-hydrogen) atoms. The largest absolute Gasteiger partial charge is 0.371 e. The molecule has 110 valence electrons. The summed E-state index contributed by atoms with van der Waals surface area (Å²) in [7, 11) is 0. The fourth-order valence-corrected chi connectivity index (χ4v) is 1.97. The van der Waals surface area contributed by atoms with Crippen molar-refractivity contribution in [3.63, 3.8) is 0 Å². The zero-order valence-electron chi connectivity index (χ0n) is 11.8. The third-order valence-corrected chi connectivity index (χ3v) is 3.25. The number of carbonyl (C=O) groups excluding carboxylic acids is 1. The van der Waals surface area contributed by atoms with Gasteiger partial charge in [-0.05, 0) is 44.2 Å². The summed E-state index contributed by atoms with van der Waals surface area (Å²) in [5.41, 5.74) is 2.01. The van der Waals surface area contributed by atoms with Crippen LogP contribution in [-0.2, 0) is 4.79 Å². The molecular formula is C16H16ClFN2O. The van der Waals surface area contributed by atoms with Crippen molar-refractivity contribution in [1.29, 1.82) is 0 Å². The molecule has 0 radical (unpaired) electrons. The summed E-state index contributed by atoms with van der Waals surface area (Å²) in [6.45, 7) is 3.63. The van der Waals surface area contributed by atoms with Crippen molar-refractivity contribution in [2.45, 2.75) is 19.9 Å². The number of benzene rings is 2. The van der Waals surface area contributed by atoms with Crippen molar-refractivity contribution < 1.29 is 9.18 Å². The Morgan fingerprint density at radius 2 is 1.86 bits per heavy atom. The fraction of sp³-hybridized carbons (Fsp3) is 0.188. The highest BCUT2D eigenvalue weighted by Crippen LogP contribution is 2.20. The van der Waals surface area contributed by atoms with E-state index in [4.69, 9.17) is 11.6 Å². The van der Waals surface area contributed by atoms with Gasteiger partial charge in [0.25, 0.3) is 0 Å². The number of aryl methyl sites for hydroxylation is 1. The Labute approximate surface area is 128 Å². The molecule has 0 aliphatic carbocycles. The van der Waals surface area contributed by atoms with Gasteiger partial charge in [0.05, 0.1) is 5.69 Å². The Morgan fingerprint density at radius 3 is 2.52 bits per heavy atom. The lowest BCUT2D eigenvalue weighted by Gasteiger charge is -2.16. The molecule has 0 aliphatic rings. The summed E-state index contributed by atoms with van der Waals surface area (Å²) in [5.74, 6) is -0.701. The van der Waals surface area contributed by atoms with Crippen LogP contribution in [0.3, 0.4) is 0 Å². The first kappa shape index (κ1) is 15.3. The molecule has 0 spiro atoms. The lowest BCUT2D eigenvalue weighted by Crippen LogP contribution is -2.32. The van der Waals surface area contributed by atoms with Crippen LogP contribution >= 0.6 is 11.6 Å². The van der Waals surface area contributed by atoms with Gasteiger partial charge in [-0.1, -0.05) is 29.3 Å². The highest BCUT2D eigenvalue weighted by molar-refractivity contribution is 6.30. The van der Waals surface area contributed by atoms with E-state index >= 15 is 0 Å². The van der Waals surface area contributed by atoms with E-state index in [1.807, 2.05) is 31.2 Å². The average Bonchev–Trinajstić information content (AvgIpc) is 2.45. The summed E-state index contributed by atoms with van der Waals surface area (Å²) >= 11 is 5.82. The molecule has 3 nitrogen and oxygen atoms in total. The van der Waals surface area contributed by atoms with E-state index < -0.39 is 11.9 Å². The lowest BCUT2D eigenvalue weighted by molar-refractivity contribution is -0.116. The maximum absolute atomic E-state index is 13.6. The van der Waals surface area contributed by atoms with Crippen LogP contribution in [0.4, 0.5) is 15.8 Å². The quantitative estimate of drug-likeness (QED) is 0.887. The highest BCUT2D eigenvalue weighted by Gasteiger charge is 2.14. The average molecular weight is 307 g/mol. The van der Waals surface area contributed by atoms with Crippen molar-refractivity contribution >= 4 is 28.9 Å². The first-order valence-electron chi connectivity index (χ1n) is 6.55. The molecule has 2 rings (SSSR count). The Hall–Kier alpha value is -2.07. The van der Waals surface area contributed by atoms with Crippen molar-refractivity contribution in [1.82, 2.24) is 0 Å². The minimum Gasteiger partial charge on any atom is -0.371 e. The standard InChI is InChI=1S/C16H16ClFN2O/c1-10-3-6-13(7-4-10)20-16(21)11(2)19-15-9-12(17)5-8-14(15)18/h3-9,11,19H,1-2H3,(H,20,21). The molecular weight excluding hydrogens is 291 g/mol. The first-order chi connectivity index (χ1) is 9.95. The molecule has 2 N–H and O–H groups in total. The molecule has 0 saturated carbocycles. The van der Waals surface area contributed by atoms with Crippen molar-refractivity contribution in [2.24, 2.45) is 0 Å². The van der Waals surface area contributed by atoms with Gasteiger partial charge in [0.2, 0.25) is 5.91 Å². The maximum atomic E-state index is 13.6. The molecule has 1 amide bonds. The molecule has 1 atom stereocenters. The number of anilines is 2. The highest BCUT2D eigenvalue weighted by atomic mass is 35.5. The number of hydrogen-bond donors (Lipinski definition) is 2. The van der Waals surface area contributed by atoms with Gasteiger partial charge in [0.1, 0.15) is 11.9 Å². The zero-order valence-corrected chi connectivity index (χ0v) is 12.5. The van der Waals surface area contributed by atoms with E-state index in [1.165, 1.54) is 18.2 Å². The summed E-state index contributed by atoms with van der Waals surface area (Å²) in [5, 5.41) is 5.98. The van der Waals surface area contributed by atoms with Crippen LogP contribution in [0, 0.1) is 12.7 Å². The van der Waals surface area contributed by atoms with Crippen LogP contribution in [0.1, 0.15) is 12.5 Å². The van der Waals surface area contributed by atoms with Gasteiger partial charge in [-0.2, -0.15) is 0 Å². The molecule has 5 heteroatoms. The predicted octanol–water partition coefficient (Wildman–Crippen LogP) is 4.23. The van der Waals surface area contributed by atoms with Gasteiger partial charge >= 0.3 is 0 Å². The Morgan fingerprint density at radius 1 is 1.19 bits per heavy atom. The van der Waals surface area contributed by atoms with Crippen LogP contribution in [0.2, 0.25) is 5.02 Å². The van der Waals surface area contributed by atoms with E-state index in [1.54, 1.807) is 6.92 Å². The monoisotopic (exact) mass is 306 g/mol. The van der Waals surface area contributed by atoms with Gasteiger partial charge in [-0.3, -0.25) is 4.79 Å². The van der Waals surface area contributed by atoms with Crippen LogP contribution in [0.15, 0.2) is 42.5 Å². The van der Waals surface area contributed by atoms with E-state index in [0.717, 1.165) is 5.56 Å². The van der Waals surface area contributed by atoms with Crippen LogP contribution in [-0.4, -0.2) is 11.9 Å². The summed E-state index contributed by atoms with van der Waals surface area (Å²) in [4.78, 5) is 12.1. The molecule has 0 aliphatic heterocycles. The second-order valence-electron chi connectivity index (χ2n) is 4.85. The maximum Gasteiger partial charge on any atom is 0.246 e. The Balaban J connectivity index is 2.02. The number of halogens is 2. The molecule has 2 aromatic rings. The first-order valence-corrected chi connectivity index (χ1v) is 6.92. The summed E-state index contributed by atoms with van der Waals surface area (Å²) < 4.78 is 13.6. The Kier molecular flexibility index (Phi) is 4.81. The molecule has 0 heterocycles. The Bertz CT molecular complexity index is 643. The minimum absolute atomic E-state index is 0.203. The van der Waals surface area contributed by atoms with E-state index in [-0.39, 0.29) is 11.6 Å². The van der Waals surface area contributed by atoms with Crippen LogP contribution < -0.4 is 10.6 Å². The number of rotatable bonds is 4. The molecule has 1 unspecified atom stereocenters. The van der Waals surface area contributed by atoms with Crippen LogP contribution in [0.5, 0.6) is 0 Å². The van der Waals surface area contributed by atoms with Crippen molar-refractivity contribution in [3.8, 4) is 0 Å². The molecule has 0 aromatic heterocycles. The van der Waals surface area contributed by atoms with Gasteiger partial charge in [-0.25, -0.2) is 4.39 Å². The SMILES string of the molecule is Cc1ccc(NC(=O)C(C)Nc2cc(Cl)ccc2F)cc1. The van der Waals surface area contributed by atoms with Gasteiger partial charge < -0.3 is 10.6 Å². The molecule has 0 bridgehead atoms. The number of hydrogen-bond acceptors (Lipinski definition) is 2. The summed E-state index contributed by atoms with van der Waals surface area (Å²) in [6.07, 6.45) is 0. The number of carbonyl (C=O) groups is 1. The third kappa shape index (κ3) is 4.20. The molecule has 0 saturated heterocycles.